The first-order chi connectivity index (χ1) is 13.7. The van der Waals surface area contributed by atoms with Gasteiger partial charge in [0.15, 0.2) is 11.5 Å². The summed E-state index contributed by atoms with van der Waals surface area (Å²) in [5.74, 6) is 2.52. The molecule has 28 heavy (non-hydrogen) atoms. The number of amides is 1. The minimum Gasteiger partial charge on any atom is -0.493 e. The van der Waals surface area contributed by atoms with Gasteiger partial charge in [-0.2, -0.15) is 0 Å². The van der Waals surface area contributed by atoms with E-state index in [1.54, 1.807) is 19.4 Å². The number of rotatable bonds is 5. The van der Waals surface area contributed by atoms with Gasteiger partial charge in [0.05, 0.1) is 19.0 Å². The lowest BCUT2D eigenvalue weighted by Gasteiger charge is -2.20. The lowest BCUT2D eigenvalue weighted by Crippen LogP contribution is -2.19. The van der Waals surface area contributed by atoms with Crippen molar-refractivity contribution in [3.8, 4) is 17.2 Å². The smallest absolute Gasteiger partial charge is 0.248 e. The van der Waals surface area contributed by atoms with Gasteiger partial charge in [0, 0.05) is 19.2 Å². The van der Waals surface area contributed by atoms with Crippen LogP contribution in [0.15, 0.2) is 36.5 Å². The van der Waals surface area contributed by atoms with Crippen LogP contribution in [0.3, 0.4) is 0 Å². The molecule has 1 aromatic carbocycles. The van der Waals surface area contributed by atoms with Crippen molar-refractivity contribution in [2.75, 3.05) is 43.6 Å². The van der Waals surface area contributed by atoms with E-state index in [2.05, 4.69) is 15.2 Å². The van der Waals surface area contributed by atoms with E-state index in [0.717, 1.165) is 24.5 Å². The number of nitrogens with zero attached hydrogens (tertiary/aromatic N) is 2. The first kappa shape index (κ1) is 18.2. The average Bonchev–Trinajstić information content (AvgIpc) is 3.27. The molecule has 2 aliphatic rings. The maximum absolute atomic E-state index is 12.2. The van der Waals surface area contributed by atoms with Crippen molar-refractivity contribution in [2.24, 2.45) is 0 Å². The Morgan fingerprint density at radius 1 is 1.21 bits per heavy atom. The normalized spacial score (nSPS) is 15.7. The van der Waals surface area contributed by atoms with Crippen LogP contribution < -0.4 is 24.4 Å². The molecule has 1 aromatic heterocycles. The van der Waals surface area contributed by atoms with Crippen LogP contribution in [0.5, 0.6) is 17.2 Å². The van der Waals surface area contributed by atoms with E-state index in [-0.39, 0.29) is 5.91 Å². The molecule has 2 aromatic rings. The molecule has 4 rings (SSSR count). The van der Waals surface area contributed by atoms with Gasteiger partial charge in [-0.05, 0) is 48.7 Å². The molecule has 1 amide bonds. The maximum Gasteiger partial charge on any atom is 0.248 e. The second-order valence-electron chi connectivity index (χ2n) is 6.67. The predicted octanol–water partition coefficient (Wildman–Crippen LogP) is 3.11. The molecule has 1 saturated heterocycles. The van der Waals surface area contributed by atoms with Crippen LogP contribution >= 0.6 is 0 Å². The third kappa shape index (κ3) is 4.03. The van der Waals surface area contributed by atoms with E-state index >= 15 is 0 Å². The van der Waals surface area contributed by atoms with Crippen molar-refractivity contribution in [3.63, 3.8) is 0 Å². The number of hydrogen-bond acceptors (Lipinski definition) is 6. The molecule has 0 radical (unpaired) electrons. The van der Waals surface area contributed by atoms with E-state index in [0.29, 0.717) is 36.1 Å². The van der Waals surface area contributed by atoms with E-state index in [1.165, 1.54) is 18.9 Å². The number of fused-ring (bicyclic) bond motifs is 1. The van der Waals surface area contributed by atoms with E-state index in [9.17, 15) is 4.79 Å². The maximum atomic E-state index is 12.2. The zero-order valence-corrected chi connectivity index (χ0v) is 15.8. The van der Waals surface area contributed by atoms with Gasteiger partial charge in [0.1, 0.15) is 19.0 Å². The number of anilines is 2. The fourth-order valence-corrected chi connectivity index (χ4v) is 3.34. The molecular formula is C21H23N3O4. The van der Waals surface area contributed by atoms with Gasteiger partial charge in [-0.15, -0.1) is 0 Å². The summed E-state index contributed by atoms with van der Waals surface area (Å²) >= 11 is 0. The number of carbonyl (C=O) groups excluding carboxylic acids is 1. The number of nitrogens with one attached hydrogen (secondary N) is 1. The van der Waals surface area contributed by atoms with Crippen LogP contribution in [0.25, 0.3) is 6.08 Å². The second-order valence-corrected chi connectivity index (χ2v) is 6.67. The Morgan fingerprint density at radius 2 is 2.04 bits per heavy atom. The molecule has 3 heterocycles. The molecule has 0 unspecified atom stereocenters. The Kier molecular flexibility index (Phi) is 5.32. The van der Waals surface area contributed by atoms with Gasteiger partial charge in [-0.1, -0.05) is 0 Å². The summed E-state index contributed by atoms with van der Waals surface area (Å²) in [5, 5.41) is 2.83. The standard InChI is InChI=1S/C21H23N3O4/c1-26-17-12-15(13-18-21(17)28-11-10-27-18)4-7-20(25)23-16-5-6-19(22-14-16)24-8-2-3-9-24/h4-7,12-14H,2-3,8-11H2,1H3,(H,23,25)/b7-4+. The number of aromatic nitrogens is 1. The van der Waals surface area contributed by atoms with Crippen molar-refractivity contribution in [3.05, 3.63) is 42.1 Å². The van der Waals surface area contributed by atoms with Crippen molar-refractivity contribution in [1.82, 2.24) is 4.98 Å². The third-order valence-corrected chi connectivity index (χ3v) is 4.72. The molecule has 2 aliphatic heterocycles. The van der Waals surface area contributed by atoms with Gasteiger partial charge in [0.2, 0.25) is 11.7 Å². The van der Waals surface area contributed by atoms with Crippen molar-refractivity contribution < 1.29 is 19.0 Å². The number of methoxy groups -OCH3 is 1. The molecular weight excluding hydrogens is 358 g/mol. The largest absolute Gasteiger partial charge is 0.493 e. The SMILES string of the molecule is COc1cc(/C=C/C(=O)Nc2ccc(N3CCCC3)nc2)cc2c1OCCO2. The summed E-state index contributed by atoms with van der Waals surface area (Å²) in [6.45, 7) is 3.07. The number of pyridine rings is 1. The van der Waals surface area contributed by atoms with Crippen molar-refractivity contribution >= 4 is 23.5 Å². The van der Waals surface area contributed by atoms with Crippen LogP contribution in [0.2, 0.25) is 0 Å². The van der Waals surface area contributed by atoms with Crippen LogP contribution in [-0.2, 0) is 4.79 Å². The molecule has 1 fully saturated rings. The molecule has 0 atom stereocenters. The Hall–Kier alpha value is -3.22. The van der Waals surface area contributed by atoms with Gasteiger partial charge in [-0.25, -0.2) is 4.98 Å². The number of benzene rings is 1. The topological polar surface area (TPSA) is 72.9 Å². The Labute approximate surface area is 163 Å². The second kappa shape index (κ2) is 8.21. The van der Waals surface area contributed by atoms with E-state index in [4.69, 9.17) is 14.2 Å². The first-order valence-corrected chi connectivity index (χ1v) is 9.40. The molecule has 7 nitrogen and oxygen atoms in total. The fourth-order valence-electron chi connectivity index (χ4n) is 3.34. The van der Waals surface area contributed by atoms with Gasteiger partial charge in [-0.3, -0.25) is 4.79 Å². The summed E-state index contributed by atoms with van der Waals surface area (Å²) in [7, 11) is 1.58. The number of ether oxygens (including phenoxy) is 3. The van der Waals surface area contributed by atoms with Crippen LogP contribution in [-0.4, -0.2) is 44.3 Å². The fraction of sp³-hybridized carbons (Fsp3) is 0.333. The summed E-state index contributed by atoms with van der Waals surface area (Å²) in [4.78, 5) is 18.9. The quantitative estimate of drug-likeness (QED) is 0.803. The highest BCUT2D eigenvalue weighted by Gasteiger charge is 2.18. The van der Waals surface area contributed by atoms with Gasteiger partial charge < -0.3 is 24.4 Å². The number of hydrogen-bond donors (Lipinski definition) is 1. The number of carbonyl (C=O) groups is 1. The first-order valence-electron chi connectivity index (χ1n) is 9.40. The molecule has 1 N–H and O–H groups in total. The Morgan fingerprint density at radius 3 is 2.79 bits per heavy atom. The third-order valence-electron chi connectivity index (χ3n) is 4.72. The van der Waals surface area contributed by atoms with Gasteiger partial charge in [0.25, 0.3) is 0 Å². The summed E-state index contributed by atoms with van der Waals surface area (Å²) in [6.07, 6.45) is 7.28. The zero-order valence-electron chi connectivity index (χ0n) is 15.8. The zero-order chi connectivity index (χ0) is 19.3. The lowest BCUT2D eigenvalue weighted by molar-refractivity contribution is -0.111. The Balaban J connectivity index is 1.41. The summed E-state index contributed by atoms with van der Waals surface area (Å²) < 4.78 is 16.6. The minimum atomic E-state index is -0.232. The van der Waals surface area contributed by atoms with Crippen LogP contribution in [0, 0.1) is 0 Å². The average molecular weight is 381 g/mol. The molecule has 7 heteroatoms. The van der Waals surface area contributed by atoms with E-state index in [1.807, 2.05) is 24.3 Å². The highest BCUT2D eigenvalue weighted by atomic mass is 16.6. The highest BCUT2D eigenvalue weighted by Crippen LogP contribution is 2.40. The van der Waals surface area contributed by atoms with Gasteiger partial charge >= 0.3 is 0 Å². The predicted molar refractivity (Wildman–Crippen MR) is 107 cm³/mol. The lowest BCUT2D eigenvalue weighted by atomic mass is 10.1. The van der Waals surface area contributed by atoms with Crippen molar-refractivity contribution in [1.29, 1.82) is 0 Å². The summed E-state index contributed by atoms with van der Waals surface area (Å²) in [6, 6.07) is 7.45. The monoisotopic (exact) mass is 381 g/mol. The molecule has 0 bridgehead atoms. The molecule has 0 aliphatic carbocycles. The molecule has 0 saturated carbocycles. The minimum absolute atomic E-state index is 0.232. The Bertz CT molecular complexity index is 857. The van der Waals surface area contributed by atoms with E-state index < -0.39 is 0 Å². The highest BCUT2D eigenvalue weighted by molar-refractivity contribution is 6.02. The van der Waals surface area contributed by atoms with Crippen molar-refractivity contribution in [2.45, 2.75) is 12.8 Å². The molecule has 146 valence electrons. The molecule has 0 spiro atoms. The summed E-state index contributed by atoms with van der Waals surface area (Å²) in [5.41, 5.74) is 1.45. The van der Waals surface area contributed by atoms with Crippen LogP contribution in [0.4, 0.5) is 11.5 Å². The van der Waals surface area contributed by atoms with Crippen LogP contribution in [0.1, 0.15) is 18.4 Å².